The molecule has 6 nitrogen and oxygen atoms in total. The van der Waals surface area contributed by atoms with Gasteiger partial charge >= 0.3 is 0 Å². The average molecular weight is 433 g/mol. The Labute approximate surface area is 175 Å². The third kappa shape index (κ3) is 5.54. The number of carbonyl (C=O) groups excluding carboxylic acids is 2. The molecule has 0 aliphatic heterocycles. The molecule has 2 N–H and O–H groups in total. The molecule has 2 aromatic carbocycles. The van der Waals surface area contributed by atoms with E-state index in [2.05, 4.69) is 20.8 Å². The van der Waals surface area contributed by atoms with Crippen LogP contribution in [0.2, 0.25) is 5.02 Å². The summed E-state index contributed by atoms with van der Waals surface area (Å²) in [7, 11) is 0. The van der Waals surface area contributed by atoms with E-state index in [0.717, 1.165) is 16.8 Å². The van der Waals surface area contributed by atoms with Gasteiger partial charge in [0, 0.05) is 5.69 Å². The van der Waals surface area contributed by atoms with Gasteiger partial charge in [-0.25, -0.2) is 0 Å². The van der Waals surface area contributed by atoms with Crippen molar-refractivity contribution in [2.75, 3.05) is 16.4 Å². The fraction of sp³-hybridized carbons (Fsp3) is 0.158. The summed E-state index contributed by atoms with van der Waals surface area (Å²) in [5.41, 5.74) is 3.31. The Kier molecular flexibility index (Phi) is 6.66. The number of carbonyl (C=O) groups is 2. The maximum atomic E-state index is 12.2. The van der Waals surface area contributed by atoms with E-state index in [9.17, 15) is 9.59 Å². The third-order valence-electron chi connectivity index (χ3n) is 3.58. The molecule has 0 bridgehead atoms. The van der Waals surface area contributed by atoms with Crippen molar-refractivity contribution in [3.8, 4) is 0 Å². The first kappa shape index (κ1) is 20.3. The molecule has 144 valence electrons. The summed E-state index contributed by atoms with van der Waals surface area (Å²) in [6.07, 6.45) is 0. The minimum absolute atomic E-state index is 0.133. The summed E-state index contributed by atoms with van der Waals surface area (Å²) in [4.78, 5) is 24.4. The van der Waals surface area contributed by atoms with Gasteiger partial charge < -0.3 is 5.32 Å². The minimum atomic E-state index is -0.356. The first-order valence-electron chi connectivity index (χ1n) is 8.31. The maximum Gasteiger partial charge on any atom is 0.259 e. The Morgan fingerprint density at radius 1 is 1.07 bits per heavy atom. The van der Waals surface area contributed by atoms with Crippen LogP contribution >= 0.6 is 34.7 Å². The zero-order valence-corrected chi connectivity index (χ0v) is 17.5. The van der Waals surface area contributed by atoms with Crippen LogP contribution in [0.15, 0.2) is 46.8 Å². The molecule has 0 atom stereocenters. The average Bonchev–Trinajstić information content (AvgIpc) is 3.07. The largest absolute Gasteiger partial charge is 0.325 e. The summed E-state index contributed by atoms with van der Waals surface area (Å²) in [6, 6.07) is 12.6. The van der Waals surface area contributed by atoms with Crippen molar-refractivity contribution < 1.29 is 9.59 Å². The fourth-order valence-electron chi connectivity index (χ4n) is 2.50. The van der Waals surface area contributed by atoms with Crippen LogP contribution in [0.3, 0.4) is 0 Å². The highest BCUT2D eigenvalue weighted by Gasteiger charge is 2.14. The van der Waals surface area contributed by atoms with Crippen LogP contribution in [0, 0.1) is 13.8 Å². The number of aromatic nitrogens is 2. The Hall–Kier alpha value is -2.42. The Bertz CT molecular complexity index is 1000. The molecule has 9 heteroatoms. The van der Waals surface area contributed by atoms with Crippen LogP contribution in [0.4, 0.5) is 10.8 Å². The summed E-state index contributed by atoms with van der Waals surface area (Å²) in [5, 5.41) is 14.2. The maximum absolute atomic E-state index is 12.2. The van der Waals surface area contributed by atoms with E-state index in [1.54, 1.807) is 24.3 Å². The predicted octanol–water partition coefficient (Wildman–Crippen LogP) is 4.79. The second-order valence-electron chi connectivity index (χ2n) is 6.02. The van der Waals surface area contributed by atoms with Gasteiger partial charge in [0.1, 0.15) is 0 Å². The van der Waals surface area contributed by atoms with Crippen LogP contribution in [-0.2, 0) is 4.79 Å². The topological polar surface area (TPSA) is 84.0 Å². The van der Waals surface area contributed by atoms with Gasteiger partial charge in [-0.3, -0.25) is 14.9 Å². The molecule has 1 aromatic heterocycles. The Morgan fingerprint density at radius 2 is 1.79 bits per heavy atom. The third-order valence-corrected chi connectivity index (χ3v) is 5.88. The van der Waals surface area contributed by atoms with Gasteiger partial charge in [0.25, 0.3) is 5.91 Å². The lowest BCUT2D eigenvalue weighted by Crippen LogP contribution is -2.14. The molecule has 2 amide bonds. The van der Waals surface area contributed by atoms with E-state index < -0.39 is 0 Å². The van der Waals surface area contributed by atoms with Gasteiger partial charge in [-0.2, -0.15) is 0 Å². The van der Waals surface area contributed by atoms with Crippen molar-refractivity contribution >= 4 is 57.3 Å². The van der Waals surface area contributed by atoms with Crippen LogP contribution in [0.5, 0.6) is 0 Å². The van der Waals surface area contributed by atoms with E-state index in [0.29, 0.717) is 20.1 Å². The van der Waals surface area contributed by atoms with Gasteiger partial charge in [-0.05, 0) is 49.2 Å². The van der Waals surface area contributed by atoms with Crippen molar-refractivity contribution in [3.63, 3.8) is 0 Å². The number of amides is 2. The molecule has 0 aliphatic rings. The number of anilines is 2. The highest BCUT2D eigenvalue weighted by atomic mass is 35.5. The van der Waals surface area contributed by atoms with Crippen molar-refractivity contribution in [2.24, 2.45) is 0 Å². The van der Waals surface area contributed by atoms with E-state index in [1.165, 1.54) is 23.1 Å². The molecule has 0 spiro atoms. The van der Waals surface area contributed by atoms with Crippen molar-refractivity contribution in [3.05, 3.63) is 64.2 Å². The number of nitrogens with zero attached hydrogens (tertiary/aromatic N) is 2. The quantitative estimate of drug-likeness (QED) is 0.432. The second-order valence-corrected chi connectivity index (χ2v) is 8.63. The molecule has 0 aliphatic carbocycles. The van der Waals surface area contributed by atoms with Crippen molar-refractivity contribution in [1.82, 2.24) is 10.2 Å². The number of thioether (sulfide) groups is 1. The van der Waals surface area contributed by atoms with Crippen LogP contribution < -0.4 is 10.6 Å². The Morgan fingerprint density at radius 3 is 2.50 bits per heavy atom. The van der Waals surface area contributed by atoms with Crippen molar-refractivity contribution in [1.29, 1.82) is 0 Å². The Balaban J connectivity index is 1.54. The molecule has 1 heterocycles. The van der Waals surface area contributed by atoms with Gasteiger partial charge in [0.2, 0.25) is 11.0 Å². The first-order valence-corrected chi connectivity index (χ1v) is 10.5. The van der Waals surface area contributed by atoms with E-state index in [-0.39, 0.29) is 17.6 Å². The highest BCUT2D eigenvalue weighted by molar-refractivity contribution is 8.01. The monoisotopic (exact) mass is 432 g/mol. The number of nitrogens with one attached hydrogen (secondary N) is 2. The minimum Gasteiger partial charge on any atom is -0.325 e. The second kappa shape index (κ2) is 9.18. The van der Waals surface area contributed by atoms with Crippen LogP contribution in [0.1, 0.15) is 21.5 Å². The lowest BCUT2D eigenvalue weighted by molar-refractivity contribution is -0.113. The summed E-state index contributed by atoms with van der Waals surface area (Å²) >= 11 is 8.48. The normalized spacial score (nSPS) is 10.5. The molecule has 0 radical (unpaired) electrons. The summed E-state index contributed by atoms with van der Waals surface area (Å²) in [5.74, 6) is -0.294. The lowest BCUT2D eigenvalue weighted by atomic mass is 10.1. The standard InChI is InChI=1S/C19H17ClN4O2S2/c1-11-7-12(2)9-13(8-11)21-16(25)10-27-19-24-23-18(28-19)22-17(26)14-5-3-4-6-15(14)20/h3-9H,10H2,1-2H3,(H,21,25)(H,22,23,26). The number of rotatable bonds is 6. The molecule has 0 unspecified atom stereocenters. The molecular weight excluding hydrogens is 416 g/mol. The van der Waals surface area contributed by atoms with Crippen LogP contribution in [0.25, 0.3) is 0 Å². The van der Waals surface area contributed by atoms with Crippen LogP contribution in [-0.4, -0.2) is 27.8 Å². The molecule has 28 heavy (non-hydrogen) atoms. The van der Waals surface area contributed by atoms with Crippen molar-refractivity contribution in [2.45, 2.75) is 18.2 Å². The number of hydrogen-bond donors (Lipinski definition) is 2. The molecule has 0 saturated heterocycles. The molecule has 0 fully saturated rings. The molecule has 3 rings (SSSR count). The zero-order chi connectivity index (χ0) is 20.1. The fourth-order valence-corrected chi connectivity index (χ4v) is 4.27. The van der Waals surface area contributed by atoms with E-state index in [4.69, 9.17) is 11.6 Å². The number of aryl methyl sites for hydroxylation is 2. The zero-order valence-electron chi connectivity index (χ0n) is 15.2. The van der Waals surface area contributed by atoms with Gasteiger partial charge in [-0.1, -0.05) is 52.9 Å². The van der Waals surface area contributed by atoms with Gasteiger partial charge in [0.15, 0.2) is 4.34 Å². The smallest absolute Gasteiger partial charge is 0.259 e. The molecule has 3 aromatic rings. The SMILES string of the molecule is Cc1cc(C)cc(NC(=O)CSc2nnc(NC(=O)c3ccccc3Cl)s2)c1. The summed E-state index contributed by atoms with van der Waals surface area (Å²) < 4.78 is 0.588. The van der Waals surface area contributed by atoms with E-state index in [1.807, 2.05) is 32.0 Å². The lowest BCUT2D eigenvalue weighted by Gasteiger charge is -2.06. The molecule has 0 saturated carbocycles. The van der Waals surface area contributed by atoms with Gasteiger partial charge in [-0.15, -0.1) is 10.2 Å². The summed E-state index contributed by atoms with van der Waals surface area (Å²) in [6.45, 7) is 3.97. The highest BCUT2D eigenvalue weighted by Crippen LogP contribution is 2.26. The molecular formula is C19H17ClN4O2S2. The predicted molar refractivity (Wildman–Crippen MR) is 115 cm³/mol. The van der Waals surface area contributed by atoms with Gasteiger partial charge in [0.05, 0.1) is 16.3 Å². The number of hydrogen-bond acceptors (Lipinski definition) is 6. The van der Waals surface area contributed by atoms with E-state index >= 15 is 0 Å². The first-order chi connectivity index (χ1) is 13.4. The number of benzene rings is 2. The number of halogens is 1.